The van der Waals surface area contributed by atoms with Crippen LogP contribution in [0.1, 0.15) is 76.0 Å². The molecular formula is C26H37O3PS3. The summed E-state index contributed by atoms with van der Waals surface area (Å²) < 4.78 is 16.5. The maximum atomic E-state index is 11.6. The van der Waals surface area contributed by atoms with Gasteiger partial charge in [0.1, 0.15) is 0 Å². The largest absolute Gasteiger partial charge is 0.328 e. The molecule has 0 amide bonds. The van der Waals surface area contributed by atoms with Crippen molar-refractivity contribution >= 4 is 41.6 Å². The zero-order valence-corrected chi connectivity index (χ0v) is 23.0. The average molecular weight is 525 g/mol. The van der Waals surface area contributed by atoms with Crippen LogP contribution in [0.15, 0.2) is 41.8 Å². The van der Waals surface area contributed by atoms with E-state index < -0.39 is 7.60 Å². The number of hydrogen-bond donors (Lipinski definition) is 1. The summed E-state index contributed by atoms with van der Waals surface area (Å²) in [7, 11) is -3.31. The molecule has 0 aliphatic rings. The van der Waals surface area contributed by atoms with E-state index >= 15 is 0 Å². The molecule has 3 aromatic rings. The third kappa shape index (κ3) is 9.79. The maximum Gasteiger partial charge on any atom is 0.328 e. The molecule has 182 valence electrons. The molecule has 0 aliphatic heterocycles. The Bertz CT molecular complexity index is 961. The molecule has 0 bridgehead atoms. The normalized spacial score (nSPS) is 13.4. The Hall–Kier alpha value is -0.750. The summed E-state index contributed by atoms with van der Waals surface area (Å²) in [6, 6.07) is 13.4. The van der Waals surface area contributed by atoms with Gasteiger partial charge in [0.2, 0.25) is 0 Å². The molecule has 7 heteroatoms. The van der Waals surface area contributed by atoms with E-state index in [0.717, 1.165) is 19.3 Å². The van der Waals surface area contributed by atoms with Crippen molar-refractivity contribution in [2.45, 2.75) is 77.6 Å². The standard InChI is InChI=1S/C26H37O3PS3/c1-2-29-30(27,28)20-12-10-8-6-4-3-5-7-9-11-14-22-16-17-25(32-22)26-19-18-24(33-26)23-15-13-21-31-23/h13,15-19,21H,2-12,14,20H2,1H3,(H,27,28). The first-order valence-electron chi connectivity index (χ1n) is 12.3. The molecule has 0 saturated carbocycles. The van der Waals surface area contributed by atoms with Crippen LogP contribution in [0.25, 0.3) is 19.5 Å². The minimum absolute atomic E-state index is 0.302. The number of rotatable bonds is 17. The highest BCUT2D eigenvalue weighted by molar-refractivity contribution is 7.52. The predicted molar refractivity (Wildman–Crippen MR) is 147 cm³/mol. The van der Waals surface area contributed by atoms with Crippen molar-refractivity contribution in [3.05, 3.63) is 46.7 Å². The Morgan fingerprint density at radius 1 is 0.758 bits per heavy atom. The zero-order chi connectivity index (χ0) is 23.4. The molecular weight excluding hydrogens is 487 g/mol. The van der Waals surface area contributed by atoms with Gasteiger partial charge in [-0.1, -0.05) is 57.4 Å². The monoisotopic (exact) mass is 524 g/mol. The van der Waals surface area contributed by atoms with Crippen LogP contribution in [-0.2, 0) is 15.5 Å². The van der Waals surface area contributed by atoms with Crippen molar-refractivity contribution < 1.29 is 14.0 Å². The van der Waals surface area contributed by atoms with Crippen LogP contribution in [0.5, 0.6) is 0 Å². The van der Waals surface area contributed by atoms with Crippen LogP contribution >= 0.6 is 41.6 Å². The van der Waals surface area contributed by atoms with Crippen LogP contribution in [-0.4, -0.2) is 17.7 Å². The summed E-state index contributed by atoms with van der Waals surface area (Å²) in [6.07, 6.45) is 13.6. The van der Waals surface area contributed by atoms with Gasteiger partial charge in [-0.25, -0.2) is 0 Å². The molecule has 0 aliphatic carbocycles. The van der Waals surface area contributed by atoms with Gasteiger partial charge in [0.05, 0.1) is 6.61 Å². The van der Waals surface area contributed by atoms with Crippen molar-refractivity contribution in [1.29, 1.82) is 0 Å². The van der Waals surface area contributed by atoms with Crippen molar-refractivity contribution in [1.82, 2.24) is 0 Å². The van der Waals surface area contributed by atoms with Crippen LogP contribution in [0.2, 0.25) is 0 Å². The highest BCUT2D eigenvalue weighted by Gasteiger charge is 2.16. The minimum atomic E-state index is -3.31. The second kappa shape index (κ2) is 14.6. The molecule has 3 heterocycles. The van der Waals surface area contributed by atoms with Gasteiger partial charge in [0.15, 0.2) is 0 Å². The quantitative estimate of drug-likeness (QED) is 0.141. The van der Waals surface area contributed by atoms with Crippen molar-refractivity contribution in [3.8, 4) is 19.5 Å². The first-order valence-corrected chi connectivity index (χ1v) is 16.5. The summed E-state index contributed by atoms with van der Waals surface area (Å²) in [5, 5.41) is 2.14. The van der Waals surface area contributed by atoms with E-state index in [9.17, 15) is 9.46 Å². The molecule has 0 fully saturated rings. The lowest BCUT2D eigenvalue weighted by molar-refractivity contribution is 0.272. The third-order valence-electron chi connectivity index (χ3n) is 5.72. The lowest BCUT2D eigenvalue weighted by Gasteiger charge is -2.10. The van der Waals surface area contributed by atoms with Crippen molar-refractivity contribution in [2.24, 2.45) is 0 Å². The summed E-state index contributed by atoms with van der Waals surface area (Å²) in [5.74, 6) is 0. The second-order valence-corrected chi connectivity index (χ2v) is 13.7. The molecule has 0 aromatic carbocycles. The van der Waals surface area contributed by atoms with Crippen molar-refractivity contribution in [2.75, 3.05) is 12.8 Å². The van der Waals surface area contributed by atoms with E-state index in [2.05, 4.69) is 41.8 Å². The smallest absolute Gasteiger partial charge is 0.324 e. The van der Waals surface area contributed by atoms with E-state index in [1.165, 1.54) is 75.8 Å². The van der Waals surface area contributed by atoms with Crippen LogP contribution < -0.4 is 0 Å². The molecule has 1 N–H and O–H groups in total. The van der Waals surface area contributed by atoms with E-state index in [-0.39, 0.29) is 0 Å². The fourth-order valence-corrected chi connectivity index (χ4v) is 8.09. The number of hydrogen-bond acceptors (Lipinski definition) is 5. The zero-order valence-electron chi connectivity index (χ0n) is 19.7. The van der Waals surface area contributed by atoms with Crippen LogP contribution in [0.3, 0.4) is 0 Å². The average Bonchev–Trinajstić information content (AvgIpc) is 3.55. The molecule has 0 radical (unpaired) electrons. The van der Waals surface area contributed by atoms with Crippen LogP contribution in [0, 0.1) is 0 Å². The molecule has 3 nitrogen and oxygen atoms in total. The van der Waals surface area contributed by atoms with Gasteiger partial charge in [-0.05, 0) is 61.9 Å². The van der Waals surface area contributed by atoms with Gasteiger partial charge < -0.3 is 9.42 Å². The fourth-order valence-electron chi connectivity index (χ4n) is 3.96. The van der Waals surface area contributed by atoms with E-state index in [1.54, 1.807) is 6.92 Å². The number of thiophene rings is 3. The molecule has 1 unspecified atom stereocenters. The summed E-state index contributed by atoms with van der Waals surface area (Å²) in [5.41, 5.74) is 0. The summed E-state index contributed by atoms with van der Waals surface area (Å²) >= 11 is 5.66. The highest BCUT2D eigenvalue weighted by Crippen LogP contribution is 2.42. The Morgan fingerprint density at radius 3 is 1.97 bits per heavy atom. The molecule has 0 saturated heterocycles. The molecule has 3 rings (SSSR count). The van der Waals surface area contributed by atoms with Gasteiger partial charge >= 0.3 is 7.60 Å². The topological polar surface area (TPSA) is 46.5 Å². The van der Waals surface area contributed by atoms with Gasteiger partial charge in [-0.3, -0.25) is 4.57 Å². The Labute approximate surface area is 211 Å². The lowest BCUT2D eigenvalue weighted by atomic mass is 10.1. The van der Waals surface area contributed by atoms with E-state index in [1.807, 2.05) is 34.0 Å². The molecule has 3 aromatic heterocycles. The highest BCUT2D eigenvalue weighted by atomic mass is 32.1. The summed E-state index contributed by atoms with van der Waals surface area (Å²) in [4.78, 5) is 16.6. The first-order chi connectivity index (χ1) is 16.1. The van der Waals surface area contributed by atoms with Gasteiger partial charge in [0.25, 0.3) is 0 Å². The Kier molecular flexibility index (Phi) is 11.9. The third-order valence-corrected chi connectivity index (χ3v) is 10.8. The van der Waals surface area contributed by atoms with E-state index in [4.69, 9.17) is 4.52 Å². The molecule has 0 spiro atoms. The predicted octanol–water partition coefficient (Wildman–Crippen LogP) is 9.87. The molecule has 1 atom stereocenters. The summed E-state index contributed by atoms with van der Waals surface area (Å²) in [6.45, 7) is 2.07. The Morgan fingerprint density at radius 2 is 1.33 bits per heavy atom. The first kappa shape index (κ1) is 26.8. The number of aryl methyl sites for hydroxylation is 1. The lowest BCUT2D eigenvalue weighted by Crippen LogP contribution is -1.94. The molecule has 33 heavy (non-hydrogen) atoms. The van der Waals surface area contributed by atoms with Gasteiger partial charge in [0, 0.05) is 30.5 Å². The Balaban J connectivity index is 1.19. The maximum absolute atomic E-state index is 11.6. The van der Waals surface area contributed by atoms with Gasteiger partial charge in [-0.2, -0.15) is 0 Å². The SMILES string of the molecule is CCOP(=O)(O)CCCCCCCCCCCCc1ccc(-c2ccc(-c3cccs3)s2)s1. The second-order valence-electron chi connectivity index (χ2n) is 8.47. The number of unbranched alkanes of at least 4 members (excludes halogenated alkanes) is 9. The van der Waals surface area contributed by atoms with Crippen molar-refractivity contribution in [3.63, 3.8) is 0 Å². The fraction of sp³-hybridized carbons (Fsp3) is 0.538. The minimum Gasteiger partial charge on any atom is -0.324 e. The van der Waals surface area contributed by atoms with Crippen LogP contribution in [0.4, 0.5) is 0 Å². The van der Waals surface area contributed by atoms with Gasteiger partial charge in [-0.15, -0.1) is 34.0 Å². The van der Waals surface area contributed by atoms with E-state index in [0.29, 0.717) is 12.8 Å².